The van der Waals surface area contributed by atoms with Gasteiger partial charge in [0.25, 0.3) is 0 Å². The molecule has 1 saturated heterocycles. The first-order valence-corrected chi connectivity index (χ1v) is 9.49. The molecular formula is C19H21ClN4O5. The third kappa shape index (κ3) is 3.73. The number of fused-ring (bicyclic) bond motifs is 1. The van der Waals surface area contributed by atoms with E-state index in [2.05, 4.69) is 15.0 Å². The summed E-state index contributed by atoms with van der Waals surface area (Å²) in [6.45, 7) is 0.482. The van der Waals surface area contributed by atoms with E-state index < -0.39 is 30.6 Å². The summed E-state index contributed by atoms with van der Waals surface area (Å²) in [7, 11) is 1.60. The monoisotopic (exact) mass is 420 g/mol. The van der Waals surface area contributed by atoms with Gasteiger partial charge in [0.15, 0.2) is 11.9 Å². The summed E-state index contributed by atoms with van der Waals surface area (Å²) in [5, 5.41) is 32.3. The van der Waals surface area contributed by atoms with Gasteiger partial charge in [-0.3, -0.25) is 4.57 Å². The molecule has 4 rings (SSSR count). The minimum absolute atomic E-state index is 0.462. The summed E-state index contributed by atoms with van der Waals surface area (Å²) >= 11 is 5.89. The summed E-state index contributed by atoms with van der Waals surface area (Å²) in [5.41, 5.74) is 2.26. The molecule has 3 N–H and O–H groups in total. The molecule has 0 unspecified atom stereocenters. The number of aliphatic hydroxyl groups excluding tert-OH is 3. The zero-order chi connectivity index (χ0) is 20.5. The number of hydrogen-bond donors (Lipinski definition) is 3. The van der Waals surface area contributed by atoms with Crippen molar-refractivity contribution >= 4 is 22.8 Å². The normalized spacial score (nSPS) is 25.6. The molecular weight excluding hydrogens is 400 g/mol. The molecule has 0 saturated carbocycles. The van der Waals surface area contributed by atoms with Gasteiger partial charge in [0.05, 0.1) is 18.6 Å². The quantitative estimate of drug-likeness (QED) is 0.540. The molecule has 0 bridgehead atoms. The zero-order valence-electron chi connectivity index (χ0n) is 15.6. The molecule has 3 heterocycles. The Morgan fingerprint density at radius 2 is 1.93 bits per heavy atom. The molecule has 5 atom stereocenters. The number of nitrogens with zero attached hydrogens (tertiary/aromatic N) is 4. The SMILES string of the molecule is COCCc1ncnc2c1ncn2[C@@H]1O[C@H]([C@H](O)c2ccc(Cl)cc2)[C@@H](O)[C@H]1O. The molecule has 29 heavy (non-hydrogen) atoms. The van der Waals surface area contributed by atoms with Crippen molar-refractivity contribution < 1.29 is 24.8 Å². The molecule has 0 spiro atoms. The Balaban J connectivity index is 1.62. The predicted octanol–water partition coefficient (Wildman–Crippen LogP) is 1.02. The van der Waals surface area contributed by atoms with Crippen LogP contribution in [0.4, 0.5) is 0 Å². The van der Waals surface area contributed by atoms with Crippen molar-refractivity contribution in [2.75, 3.05) is 13.7 Å². The summed E-state index contributed by atoms with van der Waals surface area (Å²) in [5.74, 6) is 0. The van der Waals surface area contributed by atoms with Crippen LogP contribution in [0.15, 0.2) is 36.9 Å². The van der Waals surface area contributed by atoms with Crippen molar-refractivity contribution in [2.45, 2.75) is 37.1 Å². The van der Waals surface area contributed by atoms with Gasteiger partial charge in [-0.15, -0.1) is 0 Å². The lowest BCUT2D eigenvalue weighted by Gasteiger charge is -2.21. The Morgan fingerprint density at radius 3 is 2.66 bits per heavy atom. The van der Waals surface area contributed by atoms with Gasteiger partial charge in [-0.1, -0.05) is 23.7 Å². The van der Waals surface area contributed by atoms with Gasteiger partial charge in [-0.05, 0) is 17.7 Å². The molecule has 0 radical (unpaired) electrons. The summed E-state index contributed by atoms with van der Waals surface area (Å²) in [6, 6.07) is 6.56. The fraction of sp³-hybridized carbons (Fsp3) is 0.421. The van der Waals surface area contributed by atoms with Crippen LogP contribution < -0.4 is 0 Å². The number of methoxy groups -OCH3 is 1. The average Bonchev–Trinajstić information content (AvgIpc) is 3.28. The molecule has 3 aromatic rings. The first-order valence-electron chi connectivity index (χ1n) is 9.11. The van der Waals surface area contributed by atoms with Crippen LogP contribution in [0.1, 0.15) is 23.6 Å². The lowest BCUT2D eigenvalue weighted by Crippen LogP contribution is -2.34. The maximum atomic E-state index is 10.7. The van der Waals surface area contributed by atoms with Crippen LogP contribution in [-0.2, 0) is 15.9 Å². The zero-order valence-corrected chi connectivity index (χ0v) is 16.3. The topological polar surface area (TPSA) is 123 Å². The van der Waals surface area contributed by atoms with Crippen LogP contribution in [0.25, 0.3) is 11.2 Å². The highest BCUT2D eigenvalue weighted by Gasteiger charge is 2.47. The number of ether oxygens (including phenoxy) is 2. The number of hydrogen-bond acceptors (Lipinski definition) is 8. The number of rotatable bonds is 6. The van der Waals surface area contributed by atoms with Crippen LogP contribution >= 0.6 is 11.6 Å². The van der Waals surface area contributed by atoms with E-state index in [0.29, 0.717) is 40.5 Å². The Hall–Kier alpha value is -2.14. The van der Waals surface area contributed by atoms with Crippen LogP contribution in [-0.4, -0.2) is 66.9 Å². The lowest BCUT2D eigenvalue weighted by molar-refractivity contribution is -0.0849. The number of aliphatic hydroxyl groups is 3. The molecule has 0 aliphatic carbocycles. The van der Waals surface area contributed by atoms with E-state index >= 15 is 0 Å². The first kappa shape index (κ1) is 20.1. The second kappa shape index (κ2) is 8.31. The molecule has 1 aromatic carbocycles. The molecule has 1 aliphatic heterocycles. The molecule has 9 nitrogen and oxygen atoms in total. The maximum Gasteiger partial charge on any atom is 0.165 e. The van der Waals surface area contributed by atoms with E-state index in [1.165, 1.54) is 17.2 Å². The van der Waals surface area contributed by atoms with E-state index in [4.69, 9.17) is 21.1 Å². The Bertz CT molecular complexity index is 982. The van der Waals surface area contributed by atoms with E-state index in [0.717, 1.165) is 0 Å². The standard InChI is InChI=1S/C19H21ClN4O5/c1-28-7-6-12-13-18(22-8-21-12)24(9-23-13)19-16(27)15(26)17(29-19)14(25)10-2-4-11(20)5-3-10/h2-5,8-9,14-17,19,25-27H,6-7H2,1H3/t14-,15+,16-,17-,19-/m1/s1. The van der Waals surface area contributed by atoms with Crippen LogP contribution in [0.5, 0.6) is 0 Å². The van der Waals surface area contributed by atoms with Crippen molar-refractivity contribution in [3.05, 3.63) is 53.2 Å². The largest absolute Gasteiger partial charge is 0.387 e. The fourth-order valence-electron chi connectivity index (χ4n) is 3.49. The van der Waals surface area contributed by atoms with E-state index in [-0.39, 0.29) is 0 Å². The highest BCUT2D eigenvalue weighted by atomic mass is 35.5. The average molecular weight is 421 g/mol. The molecule has 1 fully saturated rings. The van der Waals surface area contributed by atoms with Crippen LogP contribution in [0.3, 0.4) is 0 Å². The number of imidazole rings is 1. The fourth-order valence-corrected chi connectivity index (χ4v) is 3.62. The highest BCUT2D eigenvalue weighted by Crippen LogP contribution is 2.37. The molecule has 1 aliphatic rings. The van der Waals surface area contributed by atoms with Gasteiger partial charge in [0.1, 0.15) is 36.3 Å². The van der Waals surface area contributed by atoms with Crippen molar-refractivity contribution in [1.29, 1.82) is 0 Å². The highest BCUT2D eigenvalue weighted by molar-refractivity contribution is 6.30. The minimum atomic E-state index is -1.31. The van der Waals surface area contributed by atoms with E-state index in [1.807, 2.05) is 0 Å². The summed E-state index contributed by atoms with van der Waals surface area (Å²) < 4.78 is 12.5. The third-order valence-corrected chi connectivity index (χ3v) is 5.30. The lowest BCUT2D eigenvalue weighted by atomic mass is 9.99. The van der Waals surface area contributed by atoms with E-state index in [1.54, 1.807) is 31.4 Å². The maximum absolute atomic E-state index is 10.7. The Morgan fingerprint density at radius 1 is 1.17 bits per heavy atom. The Labute approximate surface area is 171 Å². The van der Waals surface area contributed by atoms with Gasteiger partial charge in [0, 0.05) is 18.6 Å². The van der Waals surface area contributed by atoms with Crippen molar-refractivity contribution in [1.82, 2.24) is 19.5 Å². The van der Waals surface area contributed by atoms with Gasteiger partial charge in [0.2, 0.25) is 0 Å². The second-order valence-corrected chi connectivity index (χ2v) is 7.29. The van der Waals surface area contributed by atoms with Crippen LogP contribution in [0.2, 0.25) is 5.02 Å². The molecule has 10 heteroatoms. The Kier molecular flexibility index (Phi) is 5.77. The minimum Gasteiger partial charge on any atom is -0.387 e. The summed E-state index contributed by atoms with van der Waals surface area (Å²) in [4.78, 5) is 12.8. The number of benzene rings is 1. The second-order valence-electron chi connectivity index (χ2n) is 6.86. The summed E-state index contributed by atoms with van der Waals surface area (Å²) in [6.07, 6.45) is -2.30. The van der Waals surface area contributed by atoms with Gasteiger partial charge in [-0.25, -0.2) is 15.0 Å². The number of aromatic nitrogens is 4. The van der Waals surface area contributed by atoms with Gasteiger partial charge < -0.3 is 24.8 Å². The van der Waals surface area contributed by atoms with Crippen molar-refractivity contribution in [3.63, 3.8) is 0 Å². The first-order chi connectivity index (χ1) is 14.0. The van der Waals surface area contributed by atoms with Gasteiger partial charge >= 0.3 is 0 Å². The molecule has 154 valence electrons. The predicted molar refractivity (Wildman–Crippen MR) is 103 cm³/mol. The van der Waals surface area contributed by atoms with Crippen molar-refractivity contribution in [2.24, 2.45) is 0 Å². The van der Waals surface area contributed by atoms with Gasteiger partial charge in [-0.2, -0.15) is 0 Å². The molecule has 2 aromatic heterocycles. The third-order valence-electron chi connectivity index (χ3n) is 5.05. The van der Waals surface area contributed by atoms with Crippen molar-refractivity contribution in [3.8, 4) is 0 Å². The number of halogens is 1. The smallest absolute Gasteiger partial charge is 0.165 e. The molecule has 0 amide bonds. The van der Waals surface area contributed by atoms with Crippen LogP contribution in [0, 0.1) is 0 Å². The van der Waals surface area contributed by atoms with E-state index in [9.17, 15) is 15.3 Å².